The molecule has 1 aromatic carbocycles. The lowest BCUT2D eigenvalue weighted by molar-refractivity contribution is 0.0988. The summed E-state index contributed by atoms with van der Waals surface area (Å²) in [6.07, 6.45) is 3.61. The molecule has 7 heteroatoms. The molecule has 1 aliphatic rings. The van der Waals surface area contributed by atoms with Crippen LogP contribution in [0.2, 0.25) is 0 Å². The molecule has 0 bridgehead atoms. The van der Waals surface area contributed by atoms with Crippen molar-refractivity contribution in [1.82, 2.24) is 20.1 Å². The van der Waals surface area contributed by atoms with E-state index in [1.165, 1.54) is 6.33 Å². The molecule has 2 amide bonds. The number of Topliss-reactive ketones (excluding diaryl/α,β-unsaturated/α-hetero) is 1. The molecule has 0 radical (unpaired) electrons. The lowest BCUT2D eigenvalue weighted by Crippen LogP contribution is -2.43. The van der Waals surface area contributed by atoms with Crippen LogP contribution >= 0.6 is 0 Å². The van der Waals surface area contributed by atoms with Gasteiger partial charge in [-0.1, -0.05) is 19.1 Å². The van der Waals surface area contributed by atoms with Crippen LogP contribution in [0.4, 0.5) is 10.5 Å². The van der Waals surface area contributed by atoms with Crippen LogP contribution in [0.25, 0.3) is 0 Å². The number of aromatic nitrogens is 3. The van der Waals surface area contributed by atoms with Gasteiger partial charge in [-0.2, -0.15) is 5.10 Å². The van der Waals surface area contributed by atoms with Gasteiger partial charge in [-0.3, -0.25) is 4.79 Å². The van der Waals surface area contributed by atoms with E-state index in [4.69, 9.17) is 0 Å². The molecule has 23 heavy (non-hydrogen) atoms. The number of nitrogens with one attached hydrogen (secondary N) is 2. The van der Waals surface area contributed by atoms with Crippen molar-refractivity contribution in [1.29, 1.82) is 0 Å². The molecule has 1 aliphatic heterocycles. The Labute approximate surface area is 134 Å². The van der Waals surface area contributed by atoms with Gasteiger partial charge in [0, 0.05) is 24.1 Å². The van der Waals surface area contributed by atoms with Gasteiger partial charge in [0.1, 0.15) is 12.2 Å². The van der Waals surface area contributed by atoms with Crippen LogP contribution in [-0.4, -0.2) is 32.6 Å². The molecule has 1 atom stereocenters. The third-order valence-electron chi connectivity index (χ3n) is 3.90. The molecule has 2 heterocycles. The number of amides is 2. The maximum Gasteiger partial charge on any atom is 0.319 e. The first-order valence-corrected chi connectivity index (χ1v) is 7.73. The number of benzene rings is 1. The molecule has 1 aromatic heterocycles. The van der Waals surface area contributed by atoms with Gasteiger partial charge in [-0.15, -0.1) is 0 Å². The number of carbonyl (C=O) groups excluding carboxylic acids is 2. The van der Waals surface area contributed by atoms with E-state index in [0.717, 1.165) is 18.7 Å². The summed E-state index contributed by atoms with van der Waals surface area (Å²) in [5, 5.41) is 9.85. The Kier molecular flexibility index (Phi) is 4.36. The van der Waals surface area contributed by atoms with Gasteiger partial charge in [0.15, 0.2) is 5.78 Å². The van der Waals surface area contributed by atoms with Crippen LogP contribution in [-0.2, 0) is 13.0 Å². The molecule has 0 spiro atoms. The Morgan fingerprint density at radius 2 is 2.26 bits per heavy atom. The molecule has 2 N–H and O–H groups in total. The fourth-order valence-corrected chi connectivity index (χ4v) is 2.68. The predicted molar refractivity (Wildman–Crippen MR) is 85.3 cm³/mol. The Morgan fingerprint density at radius 1 is 1.39 bits per heavy atom. The number of nitrogens with zero attached hydrogens (tertiary/aromatic N) is 3. The number of urea groups is 1. The summed E-state index contributed by atoms with van der Waals surface area (Å²) < 4.78 is 1.81. The highest BCUT2D eigenvalue weighted by atomic mass is 16.2. The quantitative estimate of drug-likeness (QED) is 0.845. The lowest BCUT2D eigenvalue weighted by Gasteiger charge is -2.23. The van der Waals surface area contributed by atoms with Crippen molar-refractivity contribution in [3.05, 3.63) is 42.0 Å². The SMILES string of the molecule is CCC(=O)c1cccc(NC(=O)N[C@H]2CCc3ncnn3C2)c1. The van der Waals surface area contributed by atoms with E-state index in [1.54, 1.807) is 24.3 Å². The number of anilines is 1. The highest BCUT2D eigenvalue weighted by Crippen LogP contribution is 2.14. The topological polar surface area (TPSA) is 88.9 Å². The highest BCUT2D eigenvalue weighted by molar-refractivity contribution is 5.98. The number of hydrogen-bond donors (Lipinski definition) is 2. The molecule has 0 aliphatic carbocycles. The number of hydrogen-bond acceptors (Lipinski definition) is 4. The Bertz CT molecular complexity index is 725. The van der Waals surface area contributed by atoms with E-state index in [2.05, 4.69) is 20.7 Å². The Morgan fingerprint density at radius 3 is 3.09 bits per heavy atom. The molecule has 120 valence electrons. The van der Waals surface area contributed by atoms with Crippen molar-refractivity contribution in [3.8, 4) is 0 Å². The summed E-state index contributed by atoms with van der Waals surface area (Å²) in [5.41, 5.74) is 1.22. The normalized spacial score (nSPS) is 16.5. The van der Waals surface area contributed by atoms with Crippen molar-refractivity contribution >= 4 is 17.5 Å². The minimum Gasteiger partial charge on any atom is -0.333 e. The lowest BCUT2D eigenvalue weighted by atomic mass is 10.1. The molecule has 7 nitrogen and oxygen atoms in total. The van der Waals surface area contributed by atoms with E-state index in [0.29, 0.717) is 24.2 Å². The Hall–Kier alpha value is -2.70. The summed E-state index contributed by atoms with van der Waals surface area (Å²) >= 11 is 0. The second-order valence-electron chi connectivity index (χ2n) is 5.55. The van der Waals surface area contributed by atoms with Gasteiger partial charge in [-0.25, -0.2) is 14.5 Å². The molecule has 0 saturated carbocycles. The second-order valence-corrected chi connectivity index (χ2v) is 5.55. The summed E-state index contributed by atoms with van der Waals surface area (Å²) in [6, 6.07) is 6.72. The smallest absolute Gasteiger partial charge is 0.319 e. The summed E-state index contributed by atoms with van der Waals surface area (Å²) in [5.74, 6) is 1.01. The molecular formula is C16H19N5O2. The zero-order chi connectivity index (χ0) is 16.2. The van der Waals surface area contributed by atoms with Crippen LogP contribution in [0, 0.1) is 0 Å². The van der Waals surface area contributed by atoms with Crippen LogP contribution < -0.4 is 10.6 Å². The minimum atomic E-state index is -0.278. The van der Waals surface area contributed by atoms with Crippen molar-refractivity contribution < 1.29 is 9.59 Å². The van der Waals surface area contributed by atoms with E-state index >= 15 is 0 Å². The van der Waals surface area contributed by atoms with Crippen molar-refractivity contribution in [2.45, 2.75) is 38.8 Å². The average molecular weight is 313 g/mol. The second kappa shape index (κ2) is 6.60. The molecular weight excluding hydrogens is 294 g/mol. The van der Waals surface area contributed by atoms with Crippen LogP contribution in [0.5, 0.6) is 0 Å². The van der Waals surface area contributed by atoms with Crippen molar-refractivity contribution in [2.75, 3.05) is 5.32 Å². The minimum absolute atomic E-state index is 0.0182. The first kappa shape index (κ1) is 15.2. The van der Waals surface area contributed by atoms with Crippen LogP contribution in [0.1, 0.15) is 35.9 Å². The Balaban J connectivity index is 1.59. The number of ketones is 1. The molecule has 3 rings (SSSR count). The maximum absolute atomic E-state index is 12.1. The number of rotatable bonds is 4. The number of carbonyl (C=O) groups is 2. The number of aryl methyl sites for hydroxylation is 1. The highest BCUT2D eigenvalue weighted by Gasteiger charge is 2.21. The van der Waals surface area contributed by atoms with E-state index < -0.39 is 0 Å². The van der Waals surface area contributed by atoms with Crippen LogP contribution in [0.3, 0.4) is 0 Å². The number of fused-ring (bicyclic) bond motifs is 1. The fourth-order valence-electron chi connectivity index (χ4n) is 2.68. The van der Waals surface area contributed by atoms with E-state index in [-0.39, 0.29) is 17.9 Å². The first-order valence-electron chi connectivity index (χ1n) is 7.73. The van der Waals surface area contributed by atoms with E-state index in [9.17, 15) is 9.59 Å². The zero-order valence-electron chi connectivity index (χ0n) is 13.0. The van der Waals surface area contributed by atoms with Gasteiger partial charge in [0.25, 0.3) is 0 Å². The van der Waals surface area contributed by atoms with Crippen LogP contribution in [0.15, 0.2) is 30.6 Å². The maximum atomic E-state index is 12.1. The molecule has 0 unspecified atom stereocenters. The fraction of sp³-hybridized carbons (Fsp3) is 0.375. The molecule has 0 saturated heterocycles. The molecule has 2 aromatic rings. The van der Waals surface area contributed by atoms with Gasteiger partial charge < -0.3 is 10.6 Å². The van der Waals surface area contributed by atoms with Gasteiger partial charge in [0.05, 0.1) is 12.6 Å². The summed E-state index contributed by atoms with van der Waals surface area (Å²) in [6.45, 7) is 2.44. The standard InChI is InChI=1S/C16H19N5O2/c1-2-14(22)11-4-3-5-12(8-11)19-16(23)20-13-6-7-15-17-10-18-21(15)9-13/h3-5,8,10,13H,2,6-7,9H2,1H3,(H2,19,20,23)/t13-/m0/s1. The summed E-state index contributed by atoms with van der Waals surface area (Å²) in [7, 11) is 0. The zero-order valence-corrected chi connectivity index (χ0v) is 13.0. The largest absolute Gasteiger partial charge is 0.333 e. The van der Waals surface area contributed by atoms with Crippen molar-refractivity contribution in [2.24, 2.45) is 0 Å². The third kappa shape index (κ3) is 3.56. The van der Waals surface area contributed by atoms with Gasteiger partial charge in [0.2, 0.25) is 0 Å². The first-order chi connectivity index (χ1) is 11.2. The third-order valence-corrected chi connectivity index (χ3v) is 3.90. The monoisotopic (exact) mass is 313 g/mol. The van der Waals surface area contributed by atoms with Gasteiger partial charge in [-0.05, 0) is 18.6 Å². The van der Waals surface area contributed by atoms with Crippen molar-refractivity contribution in [3.63, 3.8) is 0 Å². The average Bonchev–Trinajstić information content (AvgIpc) is 3.02. The van der Waals surface area contributed by atoms with Gasteiger partial charge >= 0.3 is 6.03 Å². The van der Waals surface area contributed by atoms with E-state index in [1.807, 2.05) is 11.6 Å². The molecule has 0 fully saturated rings. The summed E-state index contributed by atoms with van der Waals surface area (Å²) in [4.78, 5) is 28.0. The predicted octanol–water partition coefficient (Wildman–Crippen LogP) is 2.01.